The SMILES string of the molecule is OC(CCc1ccco1)C1=CCCCO1. The molecule has 0 spiro atoms. The van der Waals surface area contributed by atoms with Crippen LogP contribution in [0.1, 0.15) is 25.0 Å². The third-order valence-electron chi connectivity index (χ3n) is 2.54. The molecule has 1 aliphatic heterocycles. The van der Waals surface area contributed by atoms with Crippen LogP contribution in [0.5, 0.6) is 0 Å². The monoisotopic (exact) mass is 208 g/mol. The van der Waals surface area contributed by atoms with Crippen LogP contribution in [0.3, 0.4) is 0 Å². The summed E-state index contributed by atoms with van der Waals surface area (Å²) in [4.78, 5) is 0. The molecule has 2 heterocycles. The number of aryl methyl sites for hydroxylation is 1. The van der Waals surface area contributed by atoms with Crippen LogP contribution in [-0.4, -0.2) is 17.8 Å². The largest absolute Gasteiger partial charge is 0.496 e. The van der Waals surface area contributed by atoms with Crippen molar-refractivity contribution in [2.75, 3.05) is 6.61 Å². The Balaban J connectivity index is 1.81. The van der Waals surface area contributed by atoms with E-state index in [0.717, 1.165) is 37.4 Å². The van der Waals surface area contributed by atoms with Crippen LogP contribution in [0.15, 0.2) is 34.6 Å². The molecule has 82 valence electrons. The van der Waals surface area contributed by atoms with E-state index in [2.05, 4.69) is 0 Å². The summed E-state index contributed by atoms with van der Waals surface area (Å²) in [7, 11) is 0. The molecule has 1 N–H and O–H groups in total. The lowest BCUT2D eigenvalue weighted by molar-refractivity contribution is 0.0860. The molecule has 0 radical (unpaired) electrons. The number of allylic oxidation sites excluding steroid dienone is 1. The van der Waals surface area contributed by atoms with Crippen molar-refractivity contribution in [2.45, 2.75) is 31.8 Å². The summed E-state index contributed by atoms with van der Waals surface area (Å²) in [5, 5.41) is 9.84. The number of furan rings is 1. The Labute approximate surface area is 89.4 Å². The first-order valence-electron chi connectivity index (χ1n) is 5.39. The Morgan fingerprint density at radius 1 is 1.47 bits per heavy atom. The van der Waals surface area contributed by atoms with Crippen molar-refractivity contribution in [1.29, 1.82) is 0 Å². The van der Waals surface area contributed by atoms with Gasteiger partial charge in [-0.1, -0.05) is 0 Å². The van der Waals surface area contributed by atoms with Crippen LogP contribution in [0.25, 0.3) is 0 Å². The minimum Gasteiger partial charge on any atom is -0.496 e. The van der Waals surface area contributed by atoms with Gasteiger partial charge in [-0.15, -0.1) is 0 Å². The van der Waals surface area contributed by atoms with E-state index in [4.69, 9.17) is 9.15 Å². The van der Waals surface area contributed by atoms with E-state index in [1.165, 1.54) is 0 Å². The van der Waals surface area contributed by atoms with Gasteiger partial charge < -0.3 is 14.3 Å². The second-order valence-electron chi connectivity index (χ2n) is 3.73. The second kappa shape index (κ2) is 5.03. The van der Waals surface area contributed by atoms with Crippen LogP contribution in [0.4, 0.5) is 0 Å². The van der Waals surface area contributed by atoms with Crippen molar-refractivity contribution in [1.82, 2.24) is 0 Å². The molecule has 0 bridgehead atoms. The molecule has 15 heavy (non-hydrogen) atoms. The minimum atomic E-state index is -0.490. The third-order valence-corrected chi connectivity index (χ3v) is 2.54. The molecular formula is C12H16O3. The molecule has 1 atom stereocenters. The van der Waals surface area contributed by atoms with E-state index in [0.29, 0.717) is 6.42 Å². The topological polar surface area (TPSA) is 42.6 Å². The Morgan fingerprint density at radius 2 is 2.40 bits per heavy atom. The van der Waals surface area contributed by atoms with Crippen LogP contribution < -0.4 is 0 Å². The van der Waals surface area contributed by atoms with Gasteiger partial charge in [0.1, 0.15) is 17.6 Å². The number of hydrogen-bond acceptors (Lipinski definition) is 3. The van der Waals surface area contributed by atoms with E-state index in [-0.39, 0.29) is 0 Å². The van der Waals surface area contributed by atoms with Crippen molar-refractivity contribution in [3.05, 3.63) is 36.0 Å². The molecule has 2 rings (SSSR count). The summed E-state index contributed by atoms with van der Waals surface area (Å²) in [6.45, 7) is 0.726. The average Bonchev–Trinajstić information content (AvgIpc) is 2.80. The van der Waals surface area contributed by atoms with Crippen molar-refractivity contribution < 1.29 is 14.3 Å². The predicted molar refractivity (Wildman–Crippen MR) is 56.3 cm³/mol. The maximum absolute atomic E-state index is 9.84. The molecule has 3 heteroatoms. The average molecular weight is 208 g/mol. The molecular weight excluding hydrogens is 192 g/mol. The van der Waals surface area contributed by atoms with Crippen LogP contribution in [-0.2, 0) is 11.2 Å². The van der Waals surface area contributed by atoms with E-state index in [1.54, 1.807) is 6.26 Å². The van der Waals surface area contributed by atoms with Gasteiger partial charge in [-0.25, -0.2) is 0 Å². The summed E-state index contributed by atoms with van der Waals surface area (Å²) < 4.78 is 10.6. The van der Waals surface area contributed by atoms with Gasteiger partial charge >= 0.3 is 0 Å². The highest BCUT2D eigenvalue weighted by atomic mass is 16.5. The maximum atomic E-state index is 9.84. The van der Waals surface area contributed by atoms with Gasteiger partial charge in [0.2, 0.25) is 0 Å². The molecule has 0 saturated carbocycles. The number of ether oxygens (including phenoxy) is 1. The first-order chi connectivity index (χ1) is 7.36. The molecule has 0 fully saturated rings. The quantitative estimate of drug-likeness (QED) is 0.825. The van der Waals surface area contributed by atoms with Crippen molar-refractivity contribution >= 4 is 0 Å². The number of hydrogen-bond donors (Lipinski definition) is 1. The van der Waals surface area contributed by atoms with Crippen molar-refractivity contribution in [3.8, 4) is 0 Å². The summed E-state index contributed by atoms with van der Waals surface area (Å²) >= 11 is 0. The molecule has 1 unspecified atom stereocenters. The summed E-state index contributed by atoms with van der Waals surface area (Å²) in [5.41, 5.74) is 0. The maximum Gasteiger partial charge on any atom is 0.120 e. The highest BCUT2D eigenvalue weighted by molar-refractivity contribution is 5.04. The zero-order chi connectivity index (χ0) is 10.5. The fourth-order valence-electron chi connectivity index (χ4n) is 1.68. The number of aliphatic hydroxyl groups excluding tert-OH is 1. The van der Waals surface area contributed by atoms with Crippen LogP contribution in [0.2, 0.25) is 0 Å². The zero-order valence-corrected chi connectivity index (χ0v) is 8.69. The van der Waals surface area contributed by atoms with Gasteiger partial charge in [-0.3, -0.25) is 0 Å². The first kappa shape index (κ1) is 10.3. The Bertz CT molecular complexity index is 314. The van der Waals surface area contributed by atoms with Gasteiger partial charge in [0.25, 0.3) is 0 Å². The molecule has 0 aliphatic carbocycles. The van der Waals surface area contributed by atoms with Crippen LogP contribution >= 0.6 is 0 Å². The number of aliphatic hydroxyl groups is 1. The normalized spacial score (nSPS) is 18.1. The van der Waals surface area contributed by atoms with E-state index in [9.17, 15) is 5.11 Å². The second-order valence-corrected chi connectivity index (χ2v) is 3.73. The molecule has 1 aromatic rings. The number of rotatable bonds is 4. The van der Waals surface area contributed by atoms with Gasteiger partial charge in [-0.2, -0.15) is 0 Å². The lowest BCUT2D eigenvalue weighted by Crippen LogP contribution is -2.16. The molecule has 0 amide bonds. The smallest absolute Gasteiger partial charge is 0.120 e. The third kappa shape index (κ3) is 2.86. The molecule has 3 nitrogen and oxygen atoms in total. The Morgan fingerprint density at radius 3 is 3.07 bits per heavy atom. The van der Waals surface area contributed by atoms with Gasteiger partial charge in [0.15, 0.2) is 0 Å². The van der Waals surface area contributed by atoms with E-state index >= 15 is 0 Å². The molecule has 0 saturated heterocycles. The predicted octanol–water partition coefficient (Wildman–Crippen LogP) is 2.27. The highest BCUT2D eigenvalue weighted by Gasteiger charge is 2.15. The fraction of sp³-hybridized carbons (Fsp3) is 0.500. The fourth-order valence-corrected chi connectivity index (χ4v) is 1.68. The standard InChI is InChI=1S/C12H16O3/c13-11(12-5-1-2-8-15-12)7-6-10-4-3-9-14-10/h3-5,9,11,13H,1-2,6-8H2. The summed E-state index contributed by atoms with van der Waals surface area (Å²) in [6, 6.07) is 3.78. The van der Waals surface area contributed by atoms with Gasteiger partial charge in [0, 0.05) is 6.42 Å². The molecule has 0 aromatic carbocycles. The van der Waals surface area contributed by atoms with Crippen LogP contribution in [0, 0.1) is 0 Å². The lowest BCUT2D eigenvalue weighted by atomic mass is 10.1. The van der Waals surface area contributed by atoms with Gasteiger partial charge in [0.05, 0.1) is 12.9 Å². The first-order valence-corrected chi connectivity index (χ1v) is 5.39. The lowest BCUT2D eigenvalue weighted by Gasteiger charge is -2.19. The van der Waals surface area contributed by atoms with Crippen molar-refractivity contribution in [2.24, 2.45) is 0 Å². The Kier molecular flexibility index (Phi) is 3.45. The van der Waals surface area contributed by atoms with E-state index < -0.39 is 6.10 Å². The summed E-state index contributed by atoms with van der Waals surface area (Å²) in [6.07, 6.45) is 6.60. The van der Waals surface area contributed by atoms with E-state index in [1.807, 2.05) is 18.2 Å². The Hall–Kier alpha value is -1.22. The van der Waals surface area contributed by atoms with Gasteiger partial charge in [-0.05, 0) is 37.5 Å². The zero-order valence-electron chi connectivity index (χ0n) is 8.69. The molecule has 1 aliphatic rings. The molecule has 1 aromatic heterocycles. The minimum absolute atomic E-state index is 0.490. The summed E-state index contributed by atoms with van der Waals surface area (Å²) in [5.74, 6) is 1.64. The highest BCUT2D eigenvalue weighted by Crippen LogP contribution is 2.17. The van der Waals surface area contributed by atoms with Crippen molar-refractivity contribution in [3.63, 3.8) is 0 Å².